The van der Waals surface area contributed by atoms with Gasteiger partial charge in [-0.1, -0.05) is 25.9 Å². The van der Waals surface area contributed by atoms with Gasteiger partial charge in [-0.3, -0.25) is 4.98 Å². The molecule has 0 fully saturated rings. The highest BCUT2D eigenvalue weighted by Gasteiger charge is 2.25. The van der Waals surface area contributed by atoms with Crippen LogP contribution in [0.3, 0.4) is 0 Å². The lowest BCUT2D eigenvalue weighted by atomic mass is 9.82. The van der Waals surface area contributed by atoms with Crippen molar-refractivity contribution in [1.82, 2.24) is 20.4 Å². The van der Waals surface area contributed by atoms with Gasteiger partial charge in [-0.2, -0.15) is 4.98 Å². The first-order valence-corrected chi connectivity index (χ1v) is 7.23. The Labute approximate surface area is 126 Å². The van der Waals surface area contributed by atoms with E-state index in [1.807, 2.05) is 12.1 Å². The highest BCUT2D eigenvalue weighted by atomic mass is 16.5. The first-order chi connectivity index (χ1) is 9.75. The summed E-state index contributed by atoms with van der Waals surface area (Å²) in [5.74, 6) is 1.17. The number of nitrogens with one attached hydrogen (secondary N) is 1. The molecule has 0 saturated carbocycles. The molecule has 0 unspecified atom stereocenters. The van der Waals surface area contributed by atoms with Crippen LogP contribution < -0.4 is 5.32 Å². The van der Waals surface area contributed by atoms with Gasteiger partial charge in [0.25, 0.3) is 0 Å². The molecule has 0 aliphatic carbocycles. The Morgan fingerprint density at radius 3 is 2.57 bits per heavy atom. The molecule has 0 spiro atoms. The van der Waals surface area contributed by atoms with E-state index in [1.54, 1.807) is 12.4 Å². The Morgan fingerprint density at radius 1 is 1.19 bits per heavy atom. The van der Waals surface area contributed by atoms with E-state index >= 15 is 0 Å². The second-order valence-electron chi connectivity index (χ2n) is 7.23. The van der Waals surface area contributed by atoms with E-state index < -0.39 is 0 Å². The molecular formula is C16H24N4O. The fourth-order valence-corrected chi connectivity index (χ4v) is 2.64. The second kappa shape index (κ2) is 5.93. The van der Waals surface area contributed by atoms with Crippen molar-refractivity contribution in [2.24, 2.45) is 5.41 Å². The Bertz CT molecular complexity index is 569. The summed E-state index contributed by atoms with van der Waals surface area (Å²) in [6, 6.07) is 3.77. The summed E-state index contributed by atoms with van der Waals surface area (Å²) in [7, 11) is 0. The predicted molar refractivity (Wildman–Crippen MR) is 82.5 cm³/mol. The quantitative estimate of drug-likeness (QED) is 0.913. The molecule has 0 saturated heterocycles. The third-order valence-electron chi connectivity index (χ3n) is 3.08. The Balaban J connectivity index is 1.97. The van der Waals surface area contributed by atoms with Crippen molar-refractivity contribution in [3.8, 4) is 11.4 Å². The van der Waals surface area contributed by atoms with Crippen molar-refractivity contribution in [2.45, 2.75) is 53.1 Å². The standard InChI is InChI=1S/C16H24N4O/c1-15(2,3)11-16(4,5)18-10-13-19-14(20-21-13)12-7-6-8-17-9-12/h6-9,18H,10-11H2,1-5H3. The molecule has 2 rings (SSSR count). The van der Waals surface area contributed by atoms with Crippen molar-refractivity contribution in [2.75, 3.05) is 0 Å². The summed E-state index contributed by atoms with van der Waals surface area (Å²) in [5.41, 5.74) is 1.15. The normalized spacial score (nSPS) is 12.6. The van der Waals surface area contributed by atoms with E-state index in [1.165, 1.54) is 0 Å². The molecule has 2 aromatic rings. The molecule has 114 valence electrons. The van der Waals surface area contributed by atoms with E-state index in [4.69, 9.17) is 4.52 Å². The summed E-state index contributed by atoms with van der Waals surface area (Å²) < 4.78 is 5.29. The number of hydrogen-bond donors (Lipinski definition) is 1. The number of hydrogen-bond acceptors (Lipinski definition) is 5. The summed E-state index contributed by atoms with van der Waals surface area (Å²) in [4.78, 5) is 8.46. The van der Waals surface area contributed by atoms with E-state index in [-0.39, 0.29) is 11.0 Å². The van der Waals surface area contributed by atoms with E-state index in [0.717, 1.165) is 12.0 Å². The van der Waals surface area contributed by atoms with Gasteiger partial charge in [0.15, 0.2) is 0 Å². The van der Waals surface area contributed by atoms with Crippen LogP contribution >= 0.6 is 0 Å². The van der Waals surface area contributed by atoms with Gasteiger partial charge in [0.2, 0.25) is 11.7 Å². The zero-order valence-corrected chi connectivity index (χ0v) is 13.5. The molecule has 0 radical (unpaired) electrons. The first kappa shape index (κ1) is 15.6. The highest BCUT2D eigenvalue weighted by Crippen LogP contribution is 2.27. The Kier molecular flexibility index (Phi) is 4.42. The summed E-state index contributed by atoms with van der Waals surface area (Å²) in [6.45, 7) is 11.7. The minimum atomic E-state index is 0.0151. The van der Waals surface area contributed by atoms with E-state index in [2.05, 4.69) is 55.1 Å². The van der Waals surface area contributed by atoms with Crippen LogP contribution in [0.4, 0.5) is 0 Å². The third-order valence-corrected chi connectivity index (χ3v) is 3.08. The van der Waals surface area contributed by atoms with Crippen molar-refractivity contribution in [3.63, 3.8) is 0 Å². The van der Waals surface area contributed by atoms with Gasteiger partial charge in [-0.05, 0) is 37.8 Å². The average molecular weight is 288 g/mol. The minimum absolute atomic E-state index is 0.0151. The smallest absolute Gasteiger partial charge is 0.240 e. The van der Waals surface area contributed by atoms with Crippen molar-refractivity contribution >= 4 is 0 Å². The molecule has 5 heteroatoms. The molecule has 0 amide bonds. The molecule has 1 N–H and O–H groups in total. The van der Waals surface area contributed by atoms with Crippen molar-refractivity contribution in [1.29, 1.82) is 0 Å². The fourth-order valence-electron chi connectivity index (χ4n) is 2.64. The molecular weight excluding hydrogens is 264 g/mol. The van der Waals surface area contributed by atoms with E-state index in [0.29, 0.717) is 18.3 Å². The van der Waals surface area contributed by atoms with Gasteiger partial charge in [0.05, 0.1) is 6.54 Å². The second-order valence-corrected chi connectivity index (χ2v) is 7.23. The molecule has 0 bridgehead atoms. The number of nitrogens with zero attached hydrogens (tertiary/aromatic N) is 3. The van der Waals surface area contributed by atoms with Crippen LogP contribution in [0.1, 0.15) is 46.9 Å². The van der Waals surface area contributed by atoms with Crippen LogP contribution in [0.15, 0.2) is 29.0 Å². The van der Waals surface area contributed by atoms with Crippen molar-refractivity contribution in [3.05, 3.63) is 30.4 Å². The Hall–Kier alpha value is -1.75. The number of pyridine rings is 1. The molecule has 2 aromatic heterocycles. The lowest BCUT2D eigenvalue weighted by Gasteiger charge is -2.33. The van der Waals surface area contributed by atoms with Crippen LogP contribution in [-0.4, -0.2) is 20.7 Å². The summed E-state index contributed by atoms with van der Waals surface area (Å²) in [6.07, 6.45) is 4.51. The predicted octanol–water partition coefficient (Wildman–Crippen LogP) is 3.44. The lowest BCUT2D eigenvalue weighted by molar-refractivity contribution is 0.230. The maximum absolute atomic E-state index is 5.29. The molecule has 21 heavy (non-hydrogen) atoms. The largest absolute Gasteiger partial charge is 0.338 e. The summed E-state index contributed by atoms with van der Waals surface area (Å²) >= 11 is 0. The van der Waals surface area contributed by atoms with Gasteiger partial charge >= 0.3 is 0 Å². The zero-order chi connectivity index (χ0) is 15.5. The van der Waals surface area contributed by atoms with Crippen LogP contribution in [-0.2, 0) is 6.54 Å². The van der Waals surface area contributed by atoms with Crippen LogP contribution in [0, 0.1) is 5.41 Å². The van der Waals surface area contributed by atoms with Gasteiger partial charge < -0.3 is 9.84 Å². The average Bonchev–Trinajstić information content (AvgIpc) is 2.84. The Morgan fingerprint density at radius 2 is 1.95 bits per heavy atom. The molecule has 0 aliphatic rings. The fraction of sp³-hybridized carbons (Fsp3) is 0.562. The number of rotatable bonds is 5. The van der Waals surface area contributed by atoms with Gasteiger partial charge in [-0.15, -0.1) is 0 Å². The molecule has 0 atom stereocenters. The number of aromatic nitrogens is 3. The SMILES string of the molecule is CC(C)(C)CC(C)(C)NCc1nc(-c2cccnc2)no1. The van der Waals surface area contributed by atoms with Crippen LogP contribution in [0.2, 0.25) is 0 Å². The molecule has 2 heterocycles. The zero-order valence-electron chi connectivity index (χ0n) is 13.5. The van der Waals surface area contributed by atoms with Crippen LogP contribution in [0.5, 0.6) is 0 Å². The lowest BCUT2D eigenvalue weighted by Crippen LogP contribution is -2.41. The molecule has 0 aliphatic heterocycles. The minimum Gasteiger partial charge on any atom is -0.338 e. The topological polar surface area (TPSA) is 63.8 Å². The van der Waals surface area contributed by atoms with Gasteiger partial charge in [0.1, 0.15) is 0 Å². The molecule has 5 nitrogen and oxygen atoms in total. The van der Waals surface area contributed by atoms with Crippen LogP contribution in [0.25, 0.3) is 11.4 Å². The van der Waals surface area contributed by atoms with Gasteiger partial charge in [-0.25, -0.2) is 0 Å². The highest BCUT2D eigenvalue weighted by molar-refractivity contribution is 5.51. The first-order valence-electron chi connectivity index (χ1n) is 7.23. The molecule has 0 aromatic carbocycles. The van der Waals surface area contributed by atoms with E-state index in [9.17, 15) is 0 Å². The third kappa shape index (κ3) is 4.93. The van der Waals surface area contributed by atoms with Crippen molar-refractivity contribution < 1.29 is 4.52 Å². The maximum Gasteiger partial charge on any atom is 0.240 e. The maximum atomic E-state index is 5.29. The van der Waals surface area contributed by atoms with Gasteiger partial charge in [0, 0.05) is 23.5 Å². The monoisotopic (exact) mass is 288 g/mol. The summed E-state index contributed by atoms with van der Waals surface area (Å²) in [5, 5.41) is 7.48.